The molecular weight excluding hydrogens is 314 g/mol. The summed E-state index contributed by atoms with van der Waals surface area (Å²) < 4.78 is 52.6. The smallest absolute Gasteiger partial charge is 0.266 e. The number of hydrogen-bond acceptors (Lipinski definition) is 5. The van der Waals surface area contributed by atoms with Gasteiger partial charge in [0.15, 0.2) is 5.82 Å². The van der Waals surface area contributed by atoms with E-state index < -0.39 is 32.2 Å². The van der Waals surface area contributed by atoms with E-state index >= 15 is 0 Å². The van der Waals surface area contributed by atoms with Gasteiger partial charge in [0.1, 0.15) is 22.2 Å². The van der Waals surface area contributed by atoms with E-state index in [0.717, 1.165) is 12.1 Å². The first-order chi connectivity index (χ1) is 9.31. The van der Waals surface area contributed by atoms with Crippen LogP contribution in [0.15, 0.2) is 29.3 Å². The predicted octanol–water partition coefficient (Wildman–Crippen LogP) is 1.79. The first kappa shape index (κ1) is 14.4. The molecule has 10 heteroatoms. The van der Waals surface area contributed by atoms with Crippen LogP contribution in [-0.4, -0.2) is 18.4 Å². The SMILES string of the molecule is Nc1c(F)ccc(S(=O)(=O)Nc2ccnc(Cl)n2)c1F. The molecule has 0 aliphatic rings. The standard InChI is InChI=1S/C10H7ClF2N4O2S/c11-10-15-4-3-7(16-10)17-20(18,19)6-2-1-5(12)9(14)8(6)13/h1-4H,14H2,(H,15,16,17). The third-order valence-electron chi connectivity index (χ3n) is 2.25. The maximum atomic E-state index is 13.7. The number of nitrogens with two attached hydrogens (primary N) is 1. The van der Waals surface area contributed by atoms with Crippen molar-refractivity contribution in [1.82, 2.24) is 9.97 Å². The van der Waals surface area contributed by atoms with Crippen LogP contribution in [0.25, 0.3) is 0 Å². The van der Waals surface area contributed by atoms with Gasteiger partial charge in [-0.2, -0.15) is 4.98 Å². The van der Waals surface area contributed by atoms with Crippen molar-refractivity contribution in [3.05, 3.63) is 41.3 Å². The molecule has 2 aromatic rings. The molecule has 0 fully saturated rings. The number of rotatable bonds is 3. The van der Waals surface area contributed by atoms with Crippen molar-refractivity contribution in [1.29, 1.82) is 0 Å². The topological polar surface area (TPSA) is 98.0 Å². The second-order valence-corrected chi connectivity index (χ2v) is 5.58. The minimum atomic E-state index is -4.32. The molecule has 0 saturated carbocycles. The number of aromatic nitrogens is 2. The molecule has 3 N–H and O–H groups in total. The van der Waals surface area contributed by atoms with E-state index in [1.54, 1.807) is 0 Å². The van der Waals surface area contributed by atoms with E-state index in [-0.39, 0.29) is 11.1 Å². The Hall–Kier alpha value is -2.00. The summed E-state index contributed by atoms with van der Waals surface area (Å²) >= 11 is 5.50. The zero-order chi connectivity index (χ0) is 14.9. The summed E-state index contributed by atoms with van der Waals surface area (Å²) in [5.41, 5.74) is 4.23. The molecule has 0 radical (unpaired) electrons. The lowest BCUT2D eigenvalue weighted by atomic mass is 10.3. The van der Waals surface area contributed by atoms with Crippen LogP contribution < -0.4 is 10.5 Å². The van der Waals surface area contributed by atoms with Crippen molar-refractivity contribution < 1.29 is 17.2 Å². The van der Waals surface area contributed by atoms with Crippen LogP contribution in [0.5, 0.6) is 0 Å². The van der Waals surface area contributed by atoms with E-state index in [2.05, 4.69) is 9.97 Å². The average Bonchev–Trinajstić information content (AvgIpc) is 2.35. The highest BCUT2D eigenvalue weighted by atomic mass is 35.5. The average molecular weight is 321 g/mol. The van der Waals surface area contributed by atoms with Crippen LogP contribution in [0.3, 0.4) is 0 Å². The minimum absolute atomic E-state index is 0.160. The molecule has 1 aromatic heterocycles. The van der Waals surface area contributed by atoms with Crippen molar-refractivity contribution in [2.75, 3.05) is 10.5 Å². The third kappa shape index (κ3) is 2.78. The molecule has 6 nitrogen and oxygen atoms in total. The maximum absolute atomic E-state index is 13.7. The normalized spacial score (nSPS) is 11.3. The Morgan fingerprint density at radius 1 is 1.25 bits per heavy atom. The molecule has 0 spiro atoms. The first-order valence-corrected chi connectivity index (χ1v) is 6.92. The van der Waals surface area contributed by atoms with Crippen molar-refractivity contribution in [3.63, 3.8) is 0 Å². The summed E-state index contributed by atoms with van der Waals surface area (Å²) in [4.78, 5) is 6.35. The number of anilines is 2. The van der Waals surface area contributed by atoms with Gasteiger partial charge in [-0.05, 0) is 29.8 Å². The number of sulfonamides is 1. The molecule has 0 aliphatic carbocycles. The van der Waals surface area contributed by atoms with E-state index in [9.17, 15) is 17.2 Å². The van der Waals surface area contributed by atoms with E-state index in [1.807, 2.05) is 4.72 Å². The Bertz CT molecular complexity index is 770. The second kappa shape index (κ2) is 5.17. The second-order valence-electron chi connectivity index (χ2n) is 3.59. The van der Waals surface area contributed by atoms with Gasteiger partial charge in [-0.1, -0.05) is 0 Å². The zero-order valence-corrected chi connectivity index (χ0v) is 11.2. The van der Waals surface area contributed by atoms with E-state index in [4.69, 9.17) is 17.3 Å². The van der Waals surface area contributed by atoms with Crippen LogP contribution >= 0.6 is 11.6 Å². The molecule has 1 aromatic carbocycles. The lowest BCUT2D eigenvalue weighted by Crippen LogP contribution is -2.16. The number of nitrogens with zero attached hydrogens (tertiary/aromatic N) is 2. The molecule has 1 heterocycles. The maximum Gasteiger partial charge on any atom is 0.266 e. The summed E-state index contributed by atoms with van der Waals surface area (Å²) in [7, 11) is -4.32. The largest absolute Gasteiger partial charge is 0.394 e. The van der Waals surface area contributed by atoms with Crippen LogP contribution in [0.1, 0.15) is 0 Å². The van der Waals surface area contributed by atoms with Gasteiger partial charge >= 0.3 is 0 Å². The van der Waals surface area contributed by atoms with Gasteiger partial charge in [-0.3, -0.25) is 4.72 Å². The van der Waals surface area contributed by atoms with E-state index in [0.29, 0.717) is 0 Å². The van der Waals surface area contributed by atoms with Gasteiger partial charge in [-0.25, -0.2) is 22.2 Å². The highest BCUT2D eigenvalue weighted by Gasteiger charge is 2.23. The molecule has 0 bridgehead atoms. The lowest BCUT2D eigenvalue weighted by molar-refractivity contribution is 0.557. The molecular formula is C10H7ClF2N4O2S. The van der Waals surface area contributed by atoms with Gasteiger partial charge in [-0.15, -0.1) is 0 Å². The van der Waals surface area contributed by atoms with Gasteiger partial charge in [0.2, 0.25) is 5.28 Å². The van der Waals surface area contributed by atoms with Crippen LogP contribution in [0.2, 0.25) is 5.28 Å². The number of hydrogen-bond donors (Lipinski definition) is 2. The fourth-order valence-corrected chi connectivity index (χ4v) is 2.58. The molecule has 0 atom stereocenters. The summed E-state index contributed by atoms with van der Waals surface area (Å²) in [6.07, 6.45) is 1.21. The number of halogens is 3. The molecule has 2 rings (SSSR count). The van der Waals surface area contributed by atoms with Gasteiger partial charge in [0.05, 0.1) is 0 Å². The summed E-state index contributed by atoms with van der Waals surface area (Å²) in [6.45, 7) is 0. The Balaban J connectivity index is 2.44. The monoisotopic (exact) mass is 320 g/mol. The predicted molar refractivity (Wildman–Crippen MR) is 68.6 cm³/mol. The Labute approximate surface area is 117 Å². The summed E-state index contributed by atoms with van der Waals surface area (Å²) in [5.74, 6) is -2.59. The number of nitrogens with one attached hydrogen (secondary N) is 1. The fourth-order valence-electron chi connectivity index (χ4n) is 1.34. The van der Waals surface area contributed by atoms with E-state index in [1.165, 1.54) is 12.3 Å². The Kier molecular flexibility index (Phi) is 3.73. The molecule has 20 heavy (non-hydrogen) atoms. The van der Waals surface area contributed by atoms with Crippen LogP contribution in [0, 0.1) is 11.6 Å². The van der Waals surface area contributed by atoms with Crippen molar-refractivity contribution in [3.8, 4) is 0 Å². The van der Waals surface area contributed by atoms with Crippen LogP contribution in [0.4, 0.5) is 20.3 Å². The van der Waals surface area contributed by atoms with Gasteiger partial charge < -0.3 is 5.73 Å². The minimum Gasteiger partial charge on any atom is -0.394 e. The molecule has 0 saturated heterocycles. The number of nitrogen functional groups attached to an aromatic ring is 1. The fraction of sp³-hybridized carbons (Fsp3) is 0. The van der Waals surface area contributed by atoms with Crippen molar-refractivity contribution >= 4 is 33.1 Å². The molecule has 0 aliphatic heterocycles. The molecule has 106 valence electrons. The lowest BCUT2D eigenvalue weighted by Gasteiger charge is -2.09. The van der Waals surface area contributed by atoms with Gasteiger partial charge in [0.25, 0.3) is 10.0 Å². The zero-order valence-electron chi connectivity index (χ0n) is 9.64. The number of benzene rings is 1. The Morgan fingerprint density at radius 3 is 2.60 bits per heavy atom. The summed E-state index contributed by atoms with van der Waals surface area (Å²) in [6, 6.07) is 2.72. The molecule has 0 amide bonds. The summed E-state index contributed by atoms with van der Waals surface area (Å²) in [5, 5.41) is -0.190. The Morgan fingerprint density at radius 2 is 1.95 bits per heavy atom. The van der Waals surface area contributed by atoms with Crippen molar-refractivity contribution in [2.45, 2.75) is 4.90 Å². The van der Waals surface area contributed by atoms with Crippen LogP contribution in [-0.2, 0) is 10.0 Å². The first-order valence-electron chi connectivity index (χ1n) is 5.06. The molecule has 0 unspecified atom stereocenters. The third-order valence-corrected chi connectivity index (χ3v) is 3.80. The van der Waals surface area contributed by atoms with Crippen molar-refractivity contribution in [2.24, 2.45) is 0 Å². The van der Waals surface area contributed by atoms with Gasteiger partial charge in [0, 0.05) is 6.20 Å². The highest BCUT2D eigenvalue weighted by Crippen LogP contribution is 2.24. The highest BCUT2D eigenvalue weighted by molar-refractivity contribution is 7.92. The quantitative estimate of drug-likeness (QED) is 0.663.